The molecule has 0 amide bonds. The Hall–Kier alpha value is -1.87. The number of aliphatic hydroxyl groups excluding tert-OH is 1. The molecule has 1 aromatic heterocycles. The molecule has 0 aliphatic rings. The number of nitrogens with zero attached hydrogens (tertiary/aromatic N) is 1. The van der Waals surface area contributed by atoms with E-state index in [4.69, 9.17) is 5.11 Å². The third-order valence-corrected chi connectivity index (χ3v) is 2.49. The highest BCUT2D eigenvalue weighted by Gasteiger charge is 2.02. The van der Waals surface area contributed by atoms with Crippen LogP contribution in [0.1, 0.15) is 11.3 Å². The number of hydrogen-bond acceptors (Lipinski definition) is 2. The first-order valence-electron chi connectivity index (χ1n) is 5.15. The van der Waals surface area contributed by atoms with E-state index in [9.17, 15) is 4.79 Å². The fraction of sp³-hybridized carbons (Fsp3) is 0.154. The lowest BCUT2D eigenvalue weighted by atomic mass is 10.2. The quantitative estimate of drug-likeness (QED) is 0.840. The highest BCUT2D eigenvalue weighted by molar-refractivity contribution is 5.17. The van der Waals surface area contributed by atoms with Gasteiger partial charge in [0.15, 0.2) is 0 Å². The molecule has 0 spiro atoms. The van der Waals surface area contributed by atoms with Crippen LogP contribution >= 0.6 is 0 Å². The first kappa shape index (κ1) is 10.6. The van der Waals surface area contributed by atoms with Gasteiger partial charge in [-0.25, -0.2) is 0 Å². The third kappa shape index (κ3) is 2.20. The van der Waals surface area contributed by atoms with Crippen LogP contribution in [-0.2, 0) is 13.2 Å². The Bertz CT molecular complexity index is 517. The molecule has 82 valence electrons. The maximum absolute atomic E-state index is 11.7. The lowest BCUT2D eigenvalue weighted by molar-refractivity contribution is 0.269. The van der Waals surface area contributed by atoms with Crippen LogP contribution in [0.15, 0.2) is 53.3 Å². The summed E-state index contributed by atoms with van der Waals surface area (Å²) < 4.78 is 1.58. The van der Waals surface area contributed by atoms with Crippen molar-refractivity contribution in [1.29, 1.82) is 0 Å². The van der Waals surface area contributed by atoms with Crippen LogP contribution in [0.3, 0.4) is 0 Å². The maximum atomic E-state index is 11.7. The van der Waals surface area contributed by atoms with E-state index in [1.807, 2.05) is 30.3 Å². The average molecular weight is 215 g/mol. The van der Waals surface area contributed by atoms with E-state index in [-0.39, 0.29) is 12.2 Å². The first-order chi connectivity index (χ1) is 7.81. The molecule has 16 heavy (non-hydrogen) atoms. The van der Waals surface area contributed by atoms with Crippen molar-refractivity contribution in [3.8, 4) is 0 Å². The second-order valence-electron chi connectivity index (χ2n) is 3.59. The van der Waals surface area contributed by atoms with E-state index < -0.39 is 0 Å². The van der Waals surface area contributed by atoms with Gasteiger partial charge in [-0.1, -0.05) is 36.4 Å². The van der Waals surface area contributed by atoms with Gasteiger partial charge in [-0.3, -0.25) is 4.79 Å². The highest BCUT2D eigenvalue weighted by atomic mass is 16.3. The van der Waals surface area contributed by atoms with Crippen LogP contribution in [0.25, 0.3) is 0 Å². The SMILES string of the molecule is O=c1cccc(CO)n1Cc1ccccc1. The van der Waals surface area contributed by atoms with Crippen LogP contribution in [0.5, 0.6) is 0 Å². The van der Waals surface area contributed by atoms with Crippen molar-refractivity contribution in [3.05, 3.63) is 70.1 Å². The van der Waals surface area contributed by atoms with Crippen molar-refractivity contribution in [2.24, 2.45) is 0 Å². The maximum Gasteiger partial charge on any atom is 0.251 e. The zero-order valence-electron chi connectivity index (χ0n) is 8.84. The van der Waals surface area contributed by atoms with Gasteiger partial charge in [0.2, 0.25) is 0 Å². The van der Waals surface area contributed by atoms with Gasteiger partial charge in [-0.05, 0) is 11.6 Å². The molecule has 1 aromatic carbocycles. The summed E-state index contributed by atoms with van der Waals surface area (Å²) in [5.74, 6) is 0. The molecule has 2 aromatic rings. The molecule has 1 heterocycles. The molecule has 0 fully saturated rings. The number of aromatic nitrogens is 1. The van der Waals surface area contributed by atoms with Crippen molar-refractivity contribution in [3.63, 3.8) is 0 Å². The fourth-order valence-electron chi connectivity index (χ4n) is 1.65. The van der Waals surface area contributed by atoms with Crippen molar-refractivity contribution in [2.75, 3.05) is 0 Å². The summed E-state index contributed by atoms with van der Waals surface area (Å²) in [6.45, 7) is 0.374. The number of rotatable bonds is 3. The van der Waals surface area contributed by atoms with E-state index in [2.05, 4.69) is 0 Å². The van der Waals surface area contributed by atoms with Crippen LogP contribution in [0.2, 0.25) is 0 Å². The predicted octanol–water partition coefficient (Wildman–Crippen LogP) is 1.39. The van der Waals surface area contributed by atoms with E-state index in [1.54, 1.807) is 16.7 Å². The molecule has 0 bridgehead atoms. The van der Waals surface area contributed by atoms with Gasteiger partial charge in [0.1, 0.15) is 0 Å². The number of hydrogen-bond donors (Lipinski definition) is 1. The molecule has 0 aliphatic heterocycles. The summed E-state index contributed by atoms with van der Waals surface area (Å²) in [5.41, 5.74) is 1.59. The van der Waals surface area contributed by atoms with Gasteiger partial charge in [0.05, 0.1) is 13.2 Å². The van der Waals surface area contributed by atoms with E-state index in [0.29, 0.717) is 12.2 Å². The molecule has 0 aliphatic carbocycles. The van der Waals surface area contributed by atoms with Crippen LogP contribution in [-0.4, -0.2) is 9.67 Å². The molecular formula is C13H13NO2. The molecule has 0 atom stereocenters. The van der Waals surface area contributed by atoms with Crippen LogP contribution in [0, 0.1) is 0 Å². The highest BCUT2D eigenvalue weighted by Crippen LogP contribution is 2.03. The molecule has 1 N–H and O–H groups in total. The van der Waals surface area contributed by atoms with E-state index >= 15 is 0 Å². The van der Waals surface area contributed by atoms with Crippen molar-refractivity contribution < 1.29 is 5.11 Å². The Balaban J connectivity index is 2.38. The number of aliphatic hydroxyl groups is 1. The molecule has 3 heteroatoms. The number of pyridine rings is 1. The molecule has 0 radical (unpaired) electrons. The molecule has 3 nitrogen and oxygen atoms in total. The van der Waals surface area contributed by atoms with Crippen molar-refractivity contribution in [1.82, 2.24) is 4.57 Å². The zero-order chi connectivity index (χ0) is 11.4. The Kier molecular flexibility index (Phi) is 3.17. The minimum Gasteiger partial charge on any atom is -0.390 e. The Morgan fingerprint density at radius 2 is 1.75 bits per heavy atom. The van der Waals surface area contributed by atoms with E-state index in [1.165, 1.54) is 6.07 Å². The van der Waals surface area contributed by atoms with Gasteiger partial charge in [-0.2, -0.15) is 0 Å². The Labute approximate surface area is 93.6 Å². The largest absolute Gasteiger partial charge is 0.390 e. The lowest BCUT2D eigenvalue weighted by Crippen LogP contribution is -2.22. The minimum atomic E-state index is -0.122. The standard InChI is InChI=1S/C13H13NO2/c15-10-12-7-4-8-13(16)14(12)9-11-5-2-1-3-6-11/h1-8,15H,9-10H2. The molecule has 0 saturated heterocycles. The zero-order valence-corrected chi connectivity index (χ0v) is 8.84. The normalized spacial score (nSPS) is 10.3. The summed E-state index contributed by atoms with van der Waals surface area (Å²) in [5, 5.41) is 9.16. The molecule has 2 rings (SSSR count). The second-order valence-corrected chi connectivity index (χ2v) is 3.59. The van der Waals surface area contributed by atoms with Crippen molar-refractivity contribution in [2.45, 2.75) is 13.2 Å². The second kappa shape index (κ2) is 4.77. The average Bonchev–Trinajstić information content (AvgIpc) is 2.33. The fourth-order valence-corrected chi connectivity index (χ4v) is 1.65. The van der Waals surface area contributed by atoms with Crippen LogP contribution in [0.4, 0.5) is 0 Å². The van der Waals surface area contributed by atoms with Gasteiger partial charge >= 0.3 is 0 Å². The Morgan fingerprint density at radius 3 is 2.44 bits per heavy atom. The van der Waals surface area contributed by atoms with Crippen LogP contribution < -0.4 is 5.56 Å². The minimum absolute atomic E-state index is 0.0876. The van der Waals surface area contributed by atoms with Gasteiger partial charge < -0.3 is 9.67 Å². The summed E-state index contributed by atoms with van der Waals surface area (Å²) >= 11 is 0. The third-order valence-electron chi connectivity index (χ3n) is 2.49. The summed E-state index contributed by atoms with van der Waals surface area (Å²) in [4.78, 5) is 11.7. The Morgan fingerprint density at radius 1 is 1.00 bits per heavy atom. The molecule has 0 unspecified atom stereocenters. The first-order valence-corrected chi connectivity index (χ1v) is 5.15. The summed E-state index contributed by atoms with van der Waals surface area (Å²) in [7, 11) is 0. The monoisotopic (exact) mass is 215 g/mol. The smallest absolute Gasteiger partial charge is 0.251 e. The van der Waals surface area contributed by atoms with Gasteiger partial charge in [0, 0.05) is 11.8 Å². The lowest BCUT2D eigenvalue weighted by Gasteiger charge is -2.10. The number of benzene rings is 1. The van der Waals surface area contributed by atoms with Gasteiger partial charge in [-0.15, -0.1) is 0 Å². The van der Waals surface area contributed by atoms with Crippen molar-refractivity contribution >= 4 is 0 Å². The summed E-state index contributed by atoms with van der Waals surface area (Å²) in [6, 6.07) is 14.6. The topological polar surface area (TPSA) is 42.2 Å². The van der Waals surface area contributed by atoms with Gasteiger partial charge in [0.25, 0.3) is 5.56 Å². The predicted molar refractivity (Wildman–Crippen MR) is 62.2 cm³/mol. The summed E-state index contributed by atoms with van der Waals surface area (Å²) in [6.07, 6.45) is 0. The molecular weight excluding hydrogens is 202 g/mol. The molecule has 0 saturated carbocycles. The van der Waals surface area contributed by atoms with E-state index in [0.717, 1.165) is 5.56 Å².